The van der Waals surface area contributed by atoms with E-state index >= 15 is 0 Å². The molecule has 35 heavy (non-hydrogen) atoms. The molecule has 11 heteroatoms. The fraction of sp³-hybridized carbons (Fsp3) is 0.333. The zero-order valence-corrected chi connectivity index (χ0v) is 21.6. The predicted molar refractivity (Wildman–Crippen MR) is 140 cm³/mol. The number of rotatable bonds is 10. The molecule has 1 atom stereocenters. The third kappa shape index (κ3) is 6.58. The Bertz CT molecular complexity index is 1120. The van der Waals surface area contributed by atoms with Crippen molar-refractivity contribution < 1.29 is 28.8 Å². The Hall–Kier alpha value is -2.98. The number of aromatic nitrogens is 1. The number of carbonyl (C=O) groups is 1. The molecule has 4 N–H and O–H groups in total. The zero-order chi connectivity index (χ0) is 24.0. The number of nitrogens with zero attached hydrogens (tertiary/aromatic N) is 1. The quantitative estimate of drug-likeness (QED) is 0.366. The van der Waals surface area contributed by atoms with Crippen molar-refractivity contribution in [2.24, 2.45) is 5.73 Å². The van der Waals surface area contributed by atoms with Gasteiger partial charge in [0.15, 0.2) is 11.5 Å². The molecule has 2 aromatic carbocycles. The SMILES string of the molecule is CCOc1ccc2c(Cc3cc(OC)c(OC)c(OC)c3)cncc2c1NC(=O)[C@@H](N)CO.Cl.Cl. The van der Waals surface area contributed by atoms with Gasteiger partial charge in [0.05, 0.1) is 40.2 Å². The van der Waals surface area contributed by atoms with Gasteiger partial charge in [-0.1, -0.05) is 6.07 Å². The van der Waals surface area contributed by atoms with Crippen molar-refractivity contribution in [1.29, 1.82) is 0 Å². The molecule has 0 saturated heterocycles. The summed E-state index contributed by atoms with van der Waals surface area (Å²) >= 11 is 0. The molecule has 1 heterocycles. The highest BCUT2D eigenvalue weighted by Gasteiger charge is 2.19. The minimum atomic E-state index is -1.05. The molecule has 0 saturated carbocycles. The summed E-state index contributed by atoms with van der Waals surface area (Å²) < 4.78 is 22.0. The lowest BCUT2D eigenvalue weighted by atomic mass is 9.99. The molecule has 0 bridgehead atoms. The number of fused-ring (bicyclic) bond motifs is 1. The Kier molecular flexibility index (Phi) is 11.8. The van der Waals surface area contributed by atoms with Gasteiger partial charge in [-0.05, 0) is 48.1 Å². The molecule has 0 spiro atoms. The number of aliphatic hydroxyl groups is 1. The van der Waals surface area contributed by atoms with Crippen LogP contribution < -0.4 is 30.0 Å². The number of methoxy groups -OCH3 is 3. The number of benzene rings is 2. The van der Waals surface area contributed by atoms with E-state index in [4.69, 9.17) is 24.7 Å². The molecule has 0 unspecified atom stereocenters. The van der Waals surface area contributed by atoms with Gasteiger partial charge in [-0.3, -0.25) is 9.78 Å². The van der Waals surface area contributed by atoms with Crippen molar-refractivity contribution in [3.63, 3.8) is 0 Å². The van der Waals surface area contributed by atoms with E-state index < -0.39 is 18.6 Å². The van der Waals surface area contributed by atoms with Gasteiger partial charge in [-0.15, -0.1) is 24.8 Å². The zero-order valence-electron chi connectivity index (χ0n) is 20.0. The van der Waals surface area contributed by atoms with Crippen molar-refractivity contribution in [3.8, 4) is 23.0 Å². The van der Waals surface area contributed by atoms with E-state index in [1.54, 1.807) is 39.8 Å². The third-order valence-corrected chi connectivity index (χ3v) is 5.19. The summed E-state index contributed by atoms with van der Waals surface area (Å²) in [5.41, 5.74) is 8.01. The van der Waals surface area contributed by atoms with Gasteiger partial charge in [0.25, 0.3) is 0 Å². The molecule has 3 rings (SSSR count). The summed E-state index contributed by atoms with van der Waals surface area (Å²) in [5, 5.41) is 13.6. The molecule has 1 aromatic heterocycles. The lowest BCUT2D eigenvalue weighted by molar-refractivity contribution is -0.118. The van der Waals surface area contributed by atoms with Crippen LogP contribution in [0.2, 0.25) is 0 Å². The second kappa shape index (κ2) is 13.8. The van der Waals surface area contributed by atoms with Crippen LogP contribution in [0.1, 0.15) is 18.1 Å². The van der Waals surface area contributed by atoms with Gasteiger partial charge in [-0.25, -0.2) is 0 Å². The monoisotopic (exact) mass is 527 g/mol. The first-order valence-electron chi connectivity index (χ1n) is 10.5. The first-order chi connectivity index (χ1) is 16.0. The second-order valence-electron chi connectivity index (χ2n) is 7.25. The van der Waals surface area contributed by atoms with E-state index in [-0.39, 0.29) is 24.8 Å². The number of hydrogen-bond donors (Lipinski definition) is 3. The number of nitrogens with two attached hydrogens (primary N) is 1. The smallest absolute Gasteiger partial charge is 0.243 e. The first kappa shape index (κ1) is 30.1. The van der Waals surface area contributed by atoms with Gasteiger partial charge in [0.1, 0.15) is 11.8 Å². The average Bonchev–Trinajstić information content (AvgIpc) is 2.84. The van der Waals surface area contributed by atoms with Crippen LogP contribution in [0.15, 0.2) is 36.7 Å². The van der Waals surface area contributed by atoms with Gasteiger partial charge >= 0.3 is 0 Å². The van der Waals surface area contributed by atoms with Crippen molar-refractivity contribution >= 4 is 47.2 Å². The Morgan fingerprint density at radius 1 is 1.03 bits per heavy atom. The number of ether oxygens (including phenoxy) is 4. The van der Waals surface area contributed by atoms with Crippen LogP contribution >= 0.6 is 24.8 Å². The Morgan fingerprint density at radius 2 is 1.69 bits per heavy atom. The second-order valence-corrected chi connectivity index (χ2v) is 7.25. The molecule has 0 aliphatic rings. The fourth-order valence-corrected chi connectivity index (χ4v) is 3.59. The summed E-state index contributed by atoms with van der Waals surface area (Å²) in [6.07, 6.45) is 3.96. The number of nitrogens with one attached hydrogen (secondary N) is 1. The Labute approximate surface area is 216 Å². The molecular weight excluding hydrogens is 497 g/mol. The molecule has 1 amide bonds. The van der Waals surface area contributed by atoms with E-state index in [1.807, 2.05) is 25.1 Å². The summed E-state index contributed by atoms with van der Waals surface area (Å²) in [6.45, 7) is 1.80. The van der Waals surface area contributed by atoms with E-state index in [0.29, 0.717) is 47.1 Å². The summed E-state index contributed by atoms with van der Waals surface area (Å²) in [5.74, 6) is 1.62. The first-order valence-corrected chi connectivity index (χ1v) is 10.5. The van der Waals surface area contributed by atoms with Crippen LogP contribution in [-0.2, 0) is 11.2 Å². The Balaban J connectivity index is 0.00000306. The minimum absolute atomic E-state index is 0. The van der Waals surface area contributed by atoms with Crippen LogP contribution in [0, 0.1) is 0 Å². The number of pyridine rings is 1. The van der Waals surface area contributed by atoms with Crippen molar-refractivity contribution in [2.45, 2.75) is 19.4 Å². The topological polar surface area (TPSA) is 125 Å². The molecule has 192 valence electrons. The standard InChI is InChI=1S/C24H29N3O6.2ClH/c1-5-33-19-7-6-16-15(8-14-9-20(30-2)23(32-4)21(10-14)31-3)11-26-12-17(16)22(19)27-24(29)18(25)13-28;;/h6-7,9-12,18,28H,5,8,13,25H2,1-4H3,(H,27,29);2*1H/t18-;;/m0../s1. The van der Waals surface area contributed by atoms with Gasteiger partial charge < -0.3 is 35.1 Å². The largest absolute Gasteiger partial charge is 0.493 e. The van der Waals surface area contributed by atoms with E-state index in [0.717, 1.165) is 16.5 Å². The van der Waals surface area contributed by atoms with Gasteiger partial charge in [0, 0.05) is 17.8 Å². The minimum Gasteiger partial charge on any atom is -0.493 e. The van der Waals surface area contributed by atoms with Gasteiger partial charge in [0.2, 0.25) is 11.7 Å². The third-order valence-electron chi connectivity index (χ3n) is 5.19. The van der Waals surface area contributed by atoms with Gasteiger partial charge in [-0.2, -0.15) is 0 Å². The lowest BCUT2D eigenvalue weighted by Gasteiger charge is -2.18. The summed E-state index contributed by atoms with van der Waals surface area (Å²) in [4.78, 5) is 16.8. The highest BCUT2D eigenvalue weighted by molar-refractivity contribution is 6.06. The lowest BCUT2D eigenvalue weighted by Crippen LogP contribution is -2.38. The maximum atomic E-state index is 12.4. The number of halogens is 2. The van der Waals surface area contributed by atoms with E-state index in [1.165, 1.54) is 0 Å². The number of anilines is 1. The van der Waals surface area contributed by atoms with Crippen molar-refractivity contribution in [2.75, 3.05) is 39.9 Å². The number of amides is 1. The molecule has 0 aliphatic heterocycles. The van der Waals surface area contributed by atoms with Crippen LogP contribution in [0.5, 0.6) is 23.0 Å². The van der Waals surface area contributed by atoms with Crippen molar-refractivity contribution in [3.05, 3.63) is 47.8 Å². The maximum Gasteiger partial charge on any atom is 0.243 e. The highest BCUT2D eigenvalue weighted by Crippen LogP contribution is 2.40. The fourth-order valence-electron chi connectivity index (χ4n) is 3.59. The number of hydrogen-bond acceptors (Lipinski definition) is 8. The summed E-state index contributed by atoms with van der Waals surface area (Å²) in [7, 11) is 4.70. The molecular formula is C24H31Cl2N3O6. The van der Waals surface area contributed by atoms with Crippen LogP contribution in [0.25, 0.3) is 10.8 Å². The Morgan fingerprint density at radius 3 is 2.23 bits per heavy atom. The number of carbonyl (C=O) groups excluding carboxylic acids is 1. The van der Waals surface area contributed by atoms with E-state index in [2.05, 4.69) is 10.3 Å². The highest BCUT2D eigenvalue weighted by atomic mass is 35.5. The normalized spacial score (nSPS) is 11.0. The van der Waals surface area contributed by atoms with Crippen LogP contribution in [0.4, 0.5) is 5.69 Å². The van der Waals surface area contributed by atoms with Crippen molar-refractivity contribution in [1.82, 2.24) is 4.98 Å². The molecule has 9 nitrogen and oxygen atoms in total. The average molecular weight is 528 g/mol. The van der Waals surface area contributed by atoms with Crippen LogP contribution in [-0.4, -0.2) is 56.6 Å². The number of aliphatic hydroxyl groups excluding tert-OH is 1. The maximum absolute atomic E-state index is 12.4. The van der Waals surface area contributed by atoms with Crippen LogP contribution in [0.3, 0.4) is 0 Å². The molecule has 0 fully saturated rings. The van der Waals surface area contributed by atoms with E-state index in [9.17, 15) is 9.90 Å². The predicted octanol–water partition coefficient (Wildman–Crippen LogP) is 3.35. The molecule has 3 aromatic rings. The molecule has 0 radical (unpaired) electrons. The molecule has 0 aliphatic carbocycles. The summed E-state index contributed by atoms with van der Waals surface area (Å²) in [6, 6.07) is 6.45.